The van der Waals surface area contributed by atoms with Crippen molar-refractivity contribution in [3.63, 3.8) is 0 Å². The molecular weight excluding hydrogens is 282 g/mol. The summed E-state index contributed by atoms with van der Waals surface area (Å²) in [5.41, 5.74) is 2.66. The third-order valence-corrected chi connectivity index (χ3v) is 4.69. The van der Waals surface area contributed by atoms with Gasteiger partial charge in [0.05, 0.1) is 0 Å². The second-order valence-electron chi connectivity index (χ2n) is 5.30. The molecule has 3 nitrogen and oxygen atoms in total. The molecule has 0 aromatic heterocycles. The zero-order valence-electron chi connectivity index (χ0n) is 12.3. The molecule has 0 radical (unpaired) electrons. The van der Waals surface area contributed by atoms with Gasteiger partial charge in [0.2, 0.25) is 5.91 Å². The summed E-state index contributed by atoms with van der Waals surface area (Å²) in [6, 6.07) is 5.70. The number of hydrogen-bond acceptors (Lipinski definition) is 3. The Morgan fingerprint density at radius 3 is 2.90 bits per heavy atom. The Balaban J connectivity index is 1.96. The minimum Gasteiger partial charge on any atom is -0.384 e. The third kappa shape index (κ3) is 5.11. The molecule has 1 aliphatic rings. The van der Waals surface area contributed by atoms with Crippen LogP contribution in [-0.2, 0) is 4.79 Å². The standard InChI is InChI=1S/C17H21NO2S/c1-13-4-5-16(12-15(13)3-2-8-19)18-17(20)11-14-6-9-21-10-7-14/h4-5,12,14,19H,6-11H2,1H3,(H,18,20). The van der Waals surface area contributed by atoms with E-state index in [1.807, 2.05) is 36.9 Å². The molecule has 2 rings (SSSR count). The number of carbonyl (C=O) groups is 1. The van der Waals surface area contributed by atoms with Gasteiger partial charge in [0.1, 0.15) is 6.61 Å². The third-order valence-electron chi connectivity index (χ3n) is 3.64. The molecule has 1 aromatic carbocycles. The lowest BCUT2D eigenvalue weighted by atomic mass is 9.98. The Kier molecular flexibility index (Phi) is 6.16. The van der Waals surface area contributed by atoms with Gasteiger partial charge in [-0.3, -0.25) is 4.79 Å². The van der Waals surface area contributed by atoms with Gasteiger partial charge in [-0.2, -0.15) is 11.8 Å². The maximum Gasteiger partial charge on any atom is 0.224 e. The Morgan fingerprint density at radius 1 is 1.43 bits per heavy atom. The van der Waals surface area contributed by atoms with E-state index in [1.54, 1.807) is 0 Å². The Bertz CT molecular complexity index is 554. The molecule has 0 saturated carbocycles. The summed E-state index contributed by atoms with van der Waals surface area (Å²) in [5, 5.41) is 11.7. The van der Waals surface area contributed by atoms with Crippen LogP contribution in [0.2, 0.25) is 0 Å². The van der Waals surface area contributed by atoms with E-state index in [0.29, 0.717) is 12.3 Å². The number of aliphatic hydroxyl groups excluding tert-OH is 1. The average Bonchev–Trinajstić information content (AvgIpc) is 2.48. The van der Waals surface area contributed by atoms with Crippen LogP contribution in [0.25, 0.3) is 0 Å². The van der Waals surface area contributed by atoms with Gasteiger partial charge in [0.15, 0.2) is 0 Å². The lowest BCUT2D eigenvalue weighted by Crippen LogP contribution is -2.19. The second kappa shape index (κ2) is 8.11. The van der Waals surface area contributed by atoms with Crippen LogP contribution < -0.4 is 5.32 Å². The predicted molar refractivity (Wildman–Crippen MR) is 88.4 cm³/mol. The molecule has 112 valence electrons. The van der Waals surface area contributed by atoms with E-state index >= 15 is 0 Å². The van der Waals surface area contributed by atoms with E-state index in [9.17, 15) is 4.79 Å². The van der Waals surface area contributed by atoms with Crippen molar-refractivity contribution in [2.75, 3.05) is 23.4 Å². The van der Waals surface area contributed by atoms with Crippen molar-refractivity contribution in [2.24, 2.45) is 5.92 Å². The van der Waals surface area contributed by atoms with Crippen LogP contribution in [0.4, 0.5) is 5.69 Å². The smallest absolute Gasteiger partial charge is 0.224 e. The molecule has 1 fully saturated rings. The first kappa shape index (κ1) is 15.9. The number of hydrogen-bond donors (Lipinski definition) is 2. The van der Waals surface area contributed by atoms with Crippen molar-refractivity contribution in [1.29, 1.82) is 0 Å². The van der Waals surface area contributed by atoms with Gasteiger partial charge in [-0.05, 0) is 54.9 Å². The van der Waals surface area contributed by atoms with Gasteiger partial charge in [0.25, 0.3) is 0 Å². The molecule has 0 spiro atoms. The van der Waals surface area contributed by atoms with Gasteiger partial charge in [-0.15, -0.1) is 0 Å². The van der Waals surface area contributed by atoms with Crippen LogP contribution >= 0.6 is 11.8 Å². The Labute approximate surface area is 130 Å². The number of nitrogens with one attached hydrogen (secondary N) is 1. The van der Waals surface area contributed by atoms with Crippen molar-refractivity contribution in [1.82, 2.24) is 0 Å². The molecule has 4 heteroatoms. The molecule has 0 atom stereocenters. The van der Waals surface area contributed by atoms with Crippen molar-refractivity contribution in [3.8, 4) is 11.8 Å². The molecule has 1 aliphatic heterocycles. The first-order valence-electron chi connectivity index (χ1n) is 7.27. The lowest BCUT2D eigenvalue weighted by Gasteiger charge is -2.20. The molecular formula is C17H21NO2S. The SMILES string of the molecule is Cc1ccc(NC(=O)CC2CCSCC2)cc1C#CCO. The van der Waals surface area contributed by atoms with Crippen molar-refractivity contribution in [2.45, 2.75) is 26.2 Å². The minimum absolute atomic E-state index is 0.0804. The quantitative estimate of drug-likeness (QED) is 0.844. The van der Waals surface area contributed by atoms with Crippen molar-refractivity contribution in [3.05, 3.63) is 29.3 Å². The second-order valence-corrected chi connectivity index (χ2v) is 6.52. The monoisotopic (exact) mass is 303 g/mol. The lowest BCUT2D eigenvalue weighted by molar-refractivity contribution is -0.117. The van der Waals surface area contributed by atoms with E-state index in [2.05, 4.69) is 17.2 Å². The van der Waals surface area contributed by atoms with Crippen LogP contribution in [0.15, 0.2) is 18.2 Å². The van der Waals surface area contributed by atoms with Gasteiger partial charge in [0, 0.05) is 17.7 Å². The Morgan fingerprint density at radius 2 is 2.19 bits per heavy atom. The largest absolute Gasteiger partial charge is 0.384 e. The Hall–Kier alpha value is -1.44. The number of anilines is 1. The van der Waals surface area contributed by atoms with Crippen LogP contribution in [0, 0.1) is 24.7 Å². The highest BCUT2D eigenvalue weighted by atomic mass is 32.2. The maximum absolute atomic E-state index is 12.1. The molecule has 1 saturated heterocycles. The summed E-state index contributed by atoms with van der Waals surface area (Å²) in [6.45, 7) is 1.81. The van der Waals surface area contributed by atoms with Gasteiger partial charge in [-0.1, -0.05) is 17.9 Å². The van der Waals surface area contributed by atoms with Gasteiger partial charge < -0.3 is 10.4 Å². The normalized spacial score (nSPS) is 15.1. The van der Waals surface area contributed by atoms with E-state index < -0.39 is 0 Å². The summed E-state index contributed by atoms with van der Waals surface area (Å²) >= 11 is 1.97. The van der Waals surface area contributed by atoms with E-state index in [0.717, 1.165) is 29.7 Å². The van der Waals surface area contributed by atoms with Gasteiger partial charge >= 0.3 is 0 Å². The summed E-state index contributed by atoms with van der Waals surface area (Å²) < 4.78 is 0. The molecule has 0 bridgehead atoms. The fraction of sp³-hybridized carbons (Fsp3) is 0.471. The summed E-state index contributed by atoms with van der Waals surface area (Å²) in [7, 11) is 0. The molecule has 1 heterocycles. The minimum atomic E-state index is -0.157. The van der Waals surface area contributed by atoms with E-state index in [-0.39, 0.29) is 12.5 Å². The van der Waals surface area contributed by atoms with Crippen molar-refractivity contribution >= 4 is 23.4 Å². The first-order chi connectivity index (χ1) is 10.2. The number of aliphatic hydroxyl groups is 1. The van der Waals surface area contributed by atoms with E-state index in [4.69, 9.17) is 5.11 Å². The summed E-state index contributed by atoms with van der Waals surface area (Å²) in [5.74, 6) is 8.48. The fourth-order valence-electron chi connectivity index (χ4n) is 2.39. The molecule has 2 N–H and O–H groups in total. The number of thioether (sulfide) groups is 1. The molecule has 1 amide bonds. The van der Waals surface area contributed by atoms with Gasteiger partial charge in [-0.25, -0.2) is 0 Å². The molecule has 21 heavy (non-hydrogen) atoms. The van der Waals surface area contributed by atoms with Crippen LogP contribution in [-0.4, -0.2) is 29.1 Å². The maximum atomic E-state index is 12.1. The summed E-state index contributed by atoms with van der Waals surface area (Å²) in [6.07, 6.45) is 2.88. The van der Waals surface area contributed by atoms with Crippen molar-refractivity contribution < 1.29 is 9.90 Å². The number of amides is 1. The first-order valence-corrected chi connectivity index (χ1v) is 8.42. The zero-order chi connectivity index (χ0) is 15.1. The summed E-state index contributed by atoms with van der Waals surface area (Å²) in [4.78, 5) is 12.1. The van der Waals surface area contributed by atoms with Crippen LogP contribution in [0.5, 0.6) is 0 Å². The molecule has 0 aliphatic carbocycles. The highest BCUT2D eigenvalue weighted by Crippen LogP contribution is 2.25. The zero-order valence-corrected chi connectivity index (χ0v) is 13.1. The number of aryl methyl sites for hydroxylation is 1. The highest BCUT2D eigenvalue weighted by Gasteiger charge is 2.17. The number of carbonyl (C=O) groups excluding carboxylic acids is 1. The fourth-order valence-corrected chi connectivity index (χ4v) is 3.60. The topological polar surface area (TPSA) is 49.3 Å². The van der Waals surface area contributed by atoms with Crippen LogP contribution in [0.3, 0.4) is 0 Å². The predicted octanol–water partition coefficient (Wildman–Crippen LogP) is 2.81. The molecule has 1 aromatic rings. The average molecular weight is 303 g/mol. The number of benzene rings is 1. The molecule has 0 unspecified atom stereocenters. The highest BCUT2D eigenvalue weighted by molar-refractivity contribution is 7.99. The van der Waals surface area contributed by atoms with Crippen LogP contribution in [0.1, 0.15) is 30.4 Å². The van der Waals surface area contributed by atoms with E-state index in [1.165, 1.54) is 11.5 Å². The number of rotatable bonds is 3.